The van der Waals surface area contributed by atoms with Crippen LogP contribution in [0, 0.1) is 5.92 Å². The molecule has 0 aliphatic rings. The summed E-state index contributed by atoms with van der Waals surface area (Å²) in [4.78, 5) is 26.3. The minimum atomic E-state index is -0.655. The van der Waals surface area contributed by atoms with Crippen molar-refractivity contribution in [3.05, 3.63) is 12.2 Å². The van der Waals surface area contributed by atoms with Crippen LogP contribution in [0.25, 0.3) is 0 Å². The van der Waals surface area contributed by atoms with Gasteiger partial charge in [0.1, 0.15) is 18.2 Å². The highest BCUT2D eigenvalue weighted by atomic mass is 31.1. The van der Waals surface area contributed by atoms with Gasteiger partial charge < -0.3 is 9.59 Å². The van der Waals surface area contributed by atoms with Gasteiger partial charge in [-0.3, -0.25) is 9.59 Å². The van der Waals surface area contributed by atoms with Gasteiger partial charge in [0.05, 0.1) is 27.1 Å². The molecule has 3 unspecified atom stereocenters. The van der Waals surface area contributed by atoms with E-state index in [4.69, 9.17) is 0 Å². The quantitative estimate of drug-likeness (QED) is 0.0271. The van der Waals surface area contributed by atoms with Crippen LogP contribution in [0.5, 0.6) is 0 Å². The molecule has 248 valence electrons. The summed E-state index contributed by atoms with van der Waals surface area (Å²) in [6.45, 7) is 5.06. The number of rotatable bonds is 32. The van der Waals surface area contributed by atoms with E-state index in [2.05, 4.69) is 26.0 Å². The summed E-state index contributed by atoms with van der Waals surface area (Å²) in [5.41, 5.74) is -0.0124. The fraction of sp³-hybridized carbons (Fsp3) is 0.892. The number of carbonyl (C=O) groups excluding carboxylic acids is 2. The Labute approximate surface area is 264 Å². The zero-order valence-electron chi connectivity index (χ0n) is 28.9. The molecular weight excluding hydrogens is 537 g/mol. The number of carbonyl (C=O) groups is 2. The highest BCUT2D eigenvalue weighted by Gasteiger charge is 2.28. The fourth-order valence-corrected chi connectivity index (χ4v) is 7.12. The molecule has 0 aromatic carbocycles. The van der Waals surface area contributed by atoms with Crippen LogP contribution >= 0.6 is 8.58 Å². The normalized spacial score (nSPS) is 13.9. The van der Waals surface area contributed by atoms with Crippen LogP contribution in [-0.2, 0) is 9.59 Å². The monoisotopic (exact) mass is 611 g/mol. The highest BCUT2D eigenvalue weighted by Crippen LogP contribution is 2.29. The minimum absolute atomic E-state index is 0.0124. The highest BCUT2D eigenvalue weighted by molar-refractivity contribution is 7.58. The van der Waals surface area contributed by atoms with E-state index >= 15 is 0 Å². The van der Waals surface area contributed by atoms with Crippen LogP contribution in [0.1, 0.15) is 174 Å². The second-order valence-corrected chi connectivity index (χ2v) is 15.3. The lowest BCUT2D eigenvalue weighted by Gasteiger charge is -2.27. The first-order chi connectivity index (χ1) is 20.2. The maximum Gasteiger partial charge on any atom is 0.164 e. The van der Waals surface area contributed by atoms with Crippen LogP contribution in [0.15, 0.2) is 12.2 Å². The number of aliphatic hydroxyl groups is 1. The number of Topliss-reactive ketones (excluding diaryl/α,β-unsaturated/α-hetero) is 1. The average Bonchev–Trinajstić information content (AvgIpc) is 2.92. The Hall–Kier alpha value is -0.570. The molecule has 0 saturated heterocycles. The Morgan fingerprint density at radius 1 is 0.619 bits per heavy atom. The second-order valence-electron chi connectivity index (χ2n) is 13.8. The summed E-state index contributed by atoms with van der Waals surface area (Å²) < 4.78 is 0.617. The summed E-state index contributed by atoms with van der Waals surface area (Å²) in [6.07, 6.45) is 34.5. The van der Waals surface area contributed by atoms with E-state index in [0.29, 0.717) is 23.9 Å². The lowest BCUT2D eigenvalue weighted by atomic mass is 9.94. The molecule has 0 radical (unpaired) electrons. The number of unbranched alkanes of at least 4 members (excludes halogenated alkanes) is 20. The van der Waals surface area contributed by atoms with Gasteiger partial charge in [0.2, 0.25) is 0 Å². The third-order valence-corrected chi connectivity index (χ3v) is 9.41. The third kappa shape index (κ3) is 28.2. The van der Waals surface area contributed by atoms with Crippen LogP contribution in [0.4, 0.5) is 0 Å². The van der Waals surface area contributed by atoms with Crippen molar-refractivity contribution in [3.63, 3.8) is 0 Å². The Bertz CT molecular complexity index is 658. The van der Waals surface area contributed by atoms with Crippen molar-refractivity contribution in [3.8, 4) is 0 Å². The molecule has 0 saturated carbocycles. The van der Waals surface area contributed by atoms with E-state index < -0.39 is 11.8 Å². The fourth-order valence-electron chi connectivity index (χ4n) is 5.65. The molecule has 0 fully saturated rings. The van der Waals surface area contributed by atoms with Crippen molar-refractivity contribution < 1.29 is 19.2 Å². The van der Waals surface area contributed by atoms with Crippen LogP contribution in [0.3, 0.4) is 0 Å². The Morgan fingerprint density at radius 3 is 1.48 bits per heavy atom. The van der Waals surface area contributed by atoms with Gasteiger partial charge in [0.15, 0.2) is 5.52 Å². The molecule has 0 rings (SSSR count). The molecule has 0 aromatic rings. The van der Waals surface area contributed by atoms with Crippen LogP contribution in [-0.4, -0.2) is 54.4 Å². The Balaban J connectivity index is 4.33. The van der Waals surface area contributed by atoms with Crippen molar-refractivity contribution in [2.45, 2.75) is 180 Å². The van der Waals surface area contributed by atoms with Gasteiger partial charge >= 0.3 is 0 Å². The standard InChI is InChI=1S/C37H73NO3P/c1-6-8-10-12-14-16-18-19-20-22-23-25-27-29-31-34(37(41)42-36(40)33-38(3,4)5)35(39)32-30-28-26-24-21-17-15-13-11-9-7-2/h19-20,34,36,40,42H,6-18,21-33H2,1-5H3/q+1/b20-19-. The maximum absolute atomic E-state index is 13.2. The molecular formula is C37H73NO3P+. The van der Waals surface area contributed by atoms with Crippen molar-refractivity contribution in [2.24, 2.45) is 5.92 Å². The summed E-state index contributed by atoms with van der Waals surface area (Å²) in [5, 5.41) is 10.5. The summed E-state index contributed by atoms with van der Waals surface area (Å²) in [7, 11) is 5.89. The van der Waals surface area contributed by atoms with E-state index in [1.807, 2.05) is 21.1 Å². The molecule has 0 spiro atoms. The van der Waals surface area contributed by atoms with E-state index in [1.54, 1.807) is 0 Å². The molecule has 0 aliphatic carbocycles. The summed E-state index contributed by atoms with van der Waals surface area (Å²) >= 11 is 0. The van der Waals surface area contributed by atoms with Crippen LogP contribution in [0.2, 0.25) is 0 Å². The van der Waals surface area contributed by atoms with E-state index in [-0.39, 0.29) is 19.9 Å². The first-order valence-electron chi connectivity index (χ1n) is 18.2. The molecule has 0 heterocycles. The maximum atomic E-state index is 13.2. The topological polar surface area (TPSA) is 54.4 Å². The molecule has 0 aliphatic heterocycles. The number of hydrogen-bond acceptors (Lipinski definition) is 3. The molecule has 0 aromatic heterocycles. The molecule has 5 heteroatoms. The first kappa shape index (κ1) is 41.4. The Kier molecular flexibility index (Phi) is 28.8. The predicted octanol–water partition coefficient (Wildman–Crippen LogP) is 10.7. The van der Waals surface area contributed by atoms with Gasteiger partial charge in [-0.25, -0.2) is 0 Å². The first-order valence-corrected chi connectivity index (χ1v) is 19.3. The van der Waals surface area contributed by atoms with Gasteiger partial charge in [0.25, 0.3) is 0 Å². The third-order valence-electron chi connectivity index (χ3n) is 8.27. The second kappa shape index (κ2) is 29.2. The summed E-state index contributed by atoms with van der Waals surface area (Å²) in [6, 6.07) is 0. The molecule has 4 nitrogen and oxygen atoms in total. The van der Waals surface area contributed by atoms with Crippen molar-refractivity contribution >= 4 is 19.9 Å². The predicted molar refractivity (Wildman–Crippen MR) is 187 cm³/mol. The largest absolute Gasteiger partial charge is 0.383 e. The molecule has 42 heavy (non-hydrogen) atoms. The SMILES string of the molecule is CCCCCCCC/C=C\CCCCCCC(C(=O)CCCCCCCCCCCCC)C(=O)PC(O)C[N+](C)(C)C. The van der Waals surface area contributed by atoms with Gasteiger partial charge in [-0.15, -0.1) is 0 Å². The van der Waals surface area contributed by atoms with Gasteiger partial charge in [0, 0.05) is 6.42 Å². The van der Waals surface area contributed by atoms with E-state index in [0.717, 1.165) is 38.5 Å². The number of quaternary nitrogens is 1. The number of nitrogens with zero attached hydrogens (tertiary/aromatic N) is 1. The molecule has 0 amide bonds. The van der Waals surface area contributed by atoms with Crippen molar-refractivity contribution in [1.82, 2.24) is 0 Å². The average molecular weight is 611 g/mol. The minimum Gasteiger partial charge on any atom is -0.383 e. The lowest BCUT2D eigenvalue weighted by Crippen LogP contribution is -2.40. The van der Waals surface area contributed by atoms with Crippen molar-refractivity contribution in [1.29, 1.82) is 0 Å². The van der Waals surface area contributed by atoms with Crippen molar-refractivity contribution in [2.75, 3.05) is 27.7 Å². The summed E-state index contributed by atoms with van der Waals surface area (Å²) in [5.74, 6) is -1.04. The number of hydrogen-bond donors (Lipinski definition) is 1. The molecule has 1 N–H and O–H groups in total. The lowest BCUT2D eigenvalue weighted by molar-refractivity contribution is -0.871. The molecule has 3 atom stereocenters. The van der Waals surface area contributed by atoms with Gasteiger partial charge in [-0.1, -0.05) is 142 Å². The van der Waals surface area contributed by atoms with E-state index in [9.17, 15) is 14.7 Å². The van der Waals surface area contributed by atoms with Gasteiger partial charge in [-0.05, 0) is 47.1 Å². The Morgan fingerprint density at radius 2 is 1.02 bits per heavy atom. The number of ketones is 1. The molecule has 0 bridgehead atoms. The number of likely N-dealkylation sites (N-methyl/N-ethyl adjacent to an activating group) is 1. The van der Waals surface area contributed by atoms with Crippen LogP contribution < -0.4 is 0 Å². The van der Waals surface area contributed by atoms with Gasteiger partial charge in [-0.2, -0.15) is 0 Å². The zero-order valence-corrected chi connectivity index (χ0v) is 29.9. The zero-order chi connectivity index (χ0) is 31.3. The smallest absolute Gasteiger partial charge is 0.164 e. The number of allylic oxidation sites excluding steroid dienone is 2. The van der Waals surface area contributed by atoms with E-state index in [1.165, 1.54) is 109 Å². The number of aliphatic hydroxyl groups excluding tert-OH is 1.